The van der Waals surface area contributed by atoms with Crippen LogP contribution in [-0.4, -0.2) is 53.7 Å². The molecule has 0 bridgehead atoms. The molecule has 23 heavy (non-hydrogen) atoms. The predicted octanol–water partition coefficient (Wildman–Crippen LogP) is 3.51. The molecular formula is C20H34N2O. The molecule has 2 atom stereocenters. The fraction of sp³-hybridized carbons (Fsp3) is 0.700. The maximum absolute atomic E-state index is 9.98. The van der Waals surface area contributed by atoms with E-state index in [1.807, 2.05) is 0 Å². The lowest BCUT2D eigenvalue weighted by Crippen LogP contribution is -2.54. The highest BCUT2D eigenvalue weighted by molar-refractivity contribution is 5.27. The lowest BCUT2D eigenvalue weighted by atomic mass is 9.97. The van der Waals surface area contributed by atoms with Gasteiger partial charge in [-0.15, -0.1) is 0 Å². The van der Waals surface area contributed by atoms with Crippen molar-refractivity contribution in [3.63, 3.8) is 0 Å². The van der Waals surface area contributed by atoms with Crippen molar-refractivity contribution in [3.05, 3.63) is 35.4 Å². The van der Waals surface area contributed by atoms with Gasteiger partial charge in [0.25, 0.3) is 0 Å². The SMILES string of the molecule is CC(C)CN1CCN(C(CO)c2ccc(C(C)C)cc2)C(C)C1. The lowest BCUT2D eigenvalue weighted by molar-refractivity contribution is 0.0215. The number of nitrogens with zero attached hydrogens (tertiary/aromatic N) is 2. The zero-order valence-electron chi connectivity index (χ0n) is 15.5. The maximum Gasteiger partial charge on any atom is 0.0628 e. The zero-order valence-corrected chi connectivity index (χ0v) is 15.5. The summed E-state index contributed by atoms with van der Waals surface area (Å²) >= 11 is 0. The minimum absolute atomic E-state index is 0.118. The Morgan fingerprint density at radius 1 is 1.04 bits per heavy atom. The predicted molar refractivity (Wildman–Crippen MR) is 97.8 cm³/mol. The Bertz CT molecular complexity index is 469. The molecule has 3 heteroatoms. The molecule has 0 aliphatic carbocycles. The topological polar surface area (TPSA) is 26.7 Å². The van der Waals surface area contributed by atoms with E-state index in [-0.39, 0.29) is 12.6 Å². The third-order valence-corrected chi connectivity index (χ3v) is 4.95. The van der Waals surface area contributed by atoms with E-state index in [1.165, 1.54) is 17.7 Å². The largest absolute Gasteiger partial charge is 0.394 e. The van der Waals surface area contributed by atoms with Gasteiger partial charge in [-0.2, -0.15) is 0 Å². The quantitative estimate of drug-likeness (QED) is 0.869. The van der Waals surface area contributed by atoms with Crippen molar-refractivity contribution in [2.75, 3.05) is 32.8 Å². The first-order valence-electron chi connectivity index (χ1n) is 9.11. The highest BCUT2D eigenvalue weighted by Gasteiger charge is 2.30. The summed E-state index contributed by atoms with van der Waals surface area (Å²) in [6.45, 7) is 15.9. The minimum Gasteiger partial charge on any atom is -0.394 e. The molecular weight excluding hydrogens is 284 g/mol. The third-order valence-electron chi connectivity index (χ3n) is 4.95. The van der Waals surface area contributed by atoms with Gasteiger partial charge in [-0.1, -0.05) is 52.0 Å². The number of hydrogen-bond acceptors (Lipinski definition) is 3. The summed E-state index contributed by atoms with van der Waals surface area (Å²) in [4.78, 5) is 5.03. The third kappa shape index (κ3) is 4.79. The Morgan fingerprint density at radius 3 is 2.13 bits per heavy atom. The molecule has 1 aliphatic heterocycles. The van der Waals surface area contributed by atoms with Gasteiger partial charge < -0.3 is 10.0 Å². The van der Waals surface area contributed by atoms with Crippen molar-refractivity contribution in [2.24, 2.45) is 5.92 Å². The highest BCUT2D eigenvalue weighted by Crippen LogP contribution is 2.27. The van der Waals surface area contributed by atoms with Crippen LogP contribution in [0.4, 0.5) is 0 Å². The van der Waals surface area contributed by atoms with Crippen molar-refractivity contribution in [2.45, 2.75) is 52.6 Å². The summed E-state index contributed by atoms with van der Waals surface area (Å²) in [5, 5.41) is 9.98. The van der Waals surface area contributed by atoms with Crippen LogP contribution in [0.15, 0.2) is 24.3 Å². The second-order valence-electron chi connectivity index (χ2n) is 7.76. The van der Waals surface area contributed by atoms with E-state index >= 15 is 0 Å². The van der Waals surface area contributed by atoms with Crippen molar-refractivity contribution in [3.8, 4) is 0 Å². The molecule has 2 unspecified atom stereocenters. The molecule has 0 saturated carbocycles. The molecule has 3 nitrogen and oxygen atoms in total. The fourth-order valence-corrected chi connectivity index (χ4v) is 3.70. The molecule has 0 aromatic heterocycles. The Labute approximate surface area is 142 Å². The number of aliphatic hydroxyl groups is 1. The van der Waals surface area contributed by atoms with Gasteiger partial charge in [-0.05, 0) is 29.9 Å². The molecule has 1 aromatic rings. The van der Waals surface area contributed by atoms with E-state index in [4.69, 9.17) is 0 Å². The van der Waals surface area contributed by atoms with Gasteiger partial charge in [0.15, 0.2) is 0 Å². The van der Waals surface area contributed by atoms with Gasteiger partial charge >= 0.3 is 0 Å². The molecule has 1 aliphatic rings. The molecule has 1 saturated heterocycles. The summed E-state index contributed by atoms with van der Waals surface area (Å²) < 4.78 is 0. The zero-order chi connectivity index (χ0) is 17.0. The van der Waals surface area contributed by atoms with Crippen LogP contribution in [0.3, 0.4) is 0 Å². The molecule has 1 fully saturated rings. The summed E-state index contributed by atoms with van der Waals surface area (Å²) in [5.74, 6) is 1.26. The first kappa shape index (κ1) is 18.4. The van der Waals surface area contributed by atoms with Crippen molar-refractivity contribution in [1.82, 2.24) is 9.80 Å². The van der Waals surface area contributed by atoms with E-state index < -0.39 is 0 Å². The van der Waals surface area contributed by atoms with Crippen LogP contribution in [0.1, 0.15) is 57.7 Å². The van der Waals surface area contributed by atoms with Crippen LogP contribution in [0, 0.1) is 5.92 Å². The molecule has 2 rings (SSSR count). The van der Waals surface area contributed by atoms with Gasteiger partial charge in [0, 0.05) is 32.2 Å². The van der Waals surface area contributed by atoms with Crippen LogP contribution in [0.25, 0.3) is 0 Å². The Hall–Kier alpha value is -0.900. The average Bonchev–Trinajstić information content (AvgIpc) is 2.50. The molecule has 0 radical (unpaired) electrons. The van der Waals surface area contributed by atoms with E-state index in [2.05, 4.69) is 68.7 Å². The number of rotatable bonds is 6. The lowest BCUT2D eigenvalue weighted by Gasteiger charge is -2.44. The van der Waals surface area contributed by atoms with Gasteiger partial charge in [-0.25, -0.2) is 0 Å². The van der Waals surface area contributed by atoms with E-state index in [0.717, 1.165) is 19.6 Å². The smallest absolute Gasteiger partial charge is 0.0628 e. The van der Waals surface area contributed by atoms with E-state index in [9.17, 15) is 5.11 Å². The van der Waals surface area contributed by atoms with Gasteiger partial charge in [0.2, 0.25) is 0 Å². The Morgan fingerprint density at radius 2 is 1.65 bits per heavy atom. The second-order valence-corrected chi connectivity index (χ2v) is 7.76. The van der Waals surface area contributed by atoms with E-state index in [0.29, 0.717) is 17.9 Å². The van der Waals surface area contributed by atoms with Crippen LogP contribution < -0.4 is 0 Å². The van der Waals surface area contributed by atoms with Crippen LogP contribution >= 0.6 is 0 Å². The number of piperazine rings is 1. The van der Waals surface area contributed by atoms with Gasteiger partial charge in [0.05, 0.1) is 12.6 Å². The molecule has 1 heterocycles. The first-order chi connectivity index (χ1) is 10.9. The summed E-state index contributed by atoms with van der Waals surface area (Å²) in [6.07, 6.45) is 0. The normalized spacial score (nSPS) is 22.0. The molecule has 0 spiro atoms. The average molecular weight is 319 g/mol. The fourth-order valence-electron chi connectivity index (χ4n) is 3.70. The van der Waals surface area contributed by atoms with Gasteiger partial charge in [-0.3, -0.25) is 4.90 Å². The second kappa shape index (κ2) is 8.27. The van der Waals surface area contributed by atoms with Crippen LogP contribution in [0.5, 0.6) is 0 Å². The molecule has 130 valence electrons. The molecule has 1 aromatic carbocycles. The van der Waals surface area contributed by atoms with Crippen molar-refractivity contribution >= 4 is 0 Å². The first-order valence-corrected chi connectivity index (χ1v) is 9.11. The summed E-state index contributed by atoms with van der Waals surface area (Å²) in [6, 6.07) is 9.41. The van der Waals surface area contributed by atoms with E-state index in [1.54, 1.807) is 0 Å². The highest BCUT2D eigenvalue weighted by atomic mass is 16.3. The van der Waals surface area contributed by atoms with Crippen LogP contribution in [0.2, 0.25) is 0 Å². The minimum atomic E-state index is 0.118. The van der Waals surface area contributed by atoms with Gasteiger partial charge in [0.1, 0.15) is 0 Å². The monoisotopic (exact) mass is 318 g/mol. The Balaban J connectivity index is 2.06. The standard InChI is InChI=1S/C20H34N2O/c1-15(2)12-21-10-11-22(17(5)13-21)20(14-23)19-8-6-18(7-9-19)16(3)4/h6-9,15-17,20,23H,10-14H2,1-5H3. The maximum atomic E-state index is 9.98. The Kier molecular flexibility index (Phi) is 6.63. The number of hydrogen-bond donors (Lipinski definition) is 1. The van der Waals surface area contributed by atoms with Crippen molar-refractivity contribution < 1.29 is 5.11 Å². The number of benzene rings is 1. The number of aliphatic hydroxyl groups excluding tert-OH is 1. The van der Waals surface area contributed by atoms with Crippen molar-refractivity contribution in [1.29, 1.82) is 0 Å². The summed E-state index contributed by atoms with van der Waals surface area (Å²) in [5.41, 5.74) is 2.60. The molecule has 1 N–H and O–H groups in total. The van der Waals surface area contributed by atoms with Crippen LogP contribution in [-0.2, 0) is 0 Å². The summed E-state index contributed by atoms with van der Waals surface area (Å²) in [7, 11) is 0. The molecule has 0 amide bonds.